The van der Waals surface area contributed by atoms with Crippen LogP contribution in [0.4, 0.5) is 0 Å². The Hall–Kier alpha value is -0.130. The third-order valence-electron chi connectivity index (χ3n) is 2.32. The van der Waals surface area contributed by atoms with Gasteiger partial charge in [-0.2, -0.15) is 0 Å². The average Bonchev–Trinajstić information content (AvgIpc) is 1.99. The summed E-state index contributed by atoms with van der Waals surface area (Å²) in [5.41, 5.74) is 5.10. The first-order valence-electron chi connectivity index (χ1n) is 4.98. The van der Waals surface area contributed by atoms with E-state index in [0.717, 1.165) is 6.42 Å². The maximum absolute atomic E-state index is 11.5. The van der Waals surface area contributed by atoms with E-state index in [1.54, 1.807) is 20.8 Å². The number of sulfonamides is 1. The molecule has 0 spiro atoms. The summed E-state index contributed by atoms with van der Waals surface area (Å²) >= 11 is 0. The highest BCUT2D eigenvalue weighted by molar-refractivity contribution is 7.89. The van der Waals surface area contributed by atoms with Crippen molar-refractivity contribution in [3.8, 4) is 0 Å². The smallest absolute Gasteiger partial charge is 0.212 e. The summed E-state index contributed by atoms with van der Waals surface area (Å²) in [5.74, 6) is 0.180. The van der Waals surface area contributed by atoms with Gasteiger partial charge in [0.25, 0.3) is 0 Å². The van der Waals surface area contributed by atoms with Crippen LogP contribution in [0.5, 0.6) is 0 Å². The molecule has 0 aliphatic carbocycles. The van der Waals surface area contributed by atoms with E-state index < -0.39 is 15.6 Å². The highest BCUT2D eigenvalue weighted by Gasteiger charge is 2.27. The highest BCUT2D eigenvalue weighted by atomic mass is 32.2. The van der Waals surface area contributed by atoms with Gasteiger partial charge >= 0.3 is 0 Å². The van der Waals surface area contributed by atoms with Crippen molar-refractivity contribution in [3.63, 3.8) is 0 Å². The maximum atomic E-state index is 11.5. The van der Waals surface area contributed by atoms with E-state index in [1.807, 2.05) is 6.92 Å². The molecule has 0 aliphatic heterocycles. The Balaban J connectivity index is 4.36. The van der Waals surface area contributed by atoms with Gasteiger partial charge in [0.15, 0.2) is 0 Å². The maximum Gasteiger partial charge on any atom is 0.212 e. The molecule has 1 unspecified atom stereocenters. The van der Waals surface area contributed by atoms with E-state index in [4.69, 9.17) is 5.73 Å². The molecule has 4 nitrogen and oxygen atoms in total. The summed E-state index contributed by atoms with van der Waals surface area (Å²) in [7, 11) is -3.18. The summed E-state index contributed by atoms with van der Waals surface area (Å²) in [6.45, 7) is 7.34. The van der Waals surface area contributed by atoms with Gasteiger partial charge in [-0.15, -0.1) is 0 Å². The lowest BCUT2D eigenvalue weighted by atomic mass is 9.99. The van der Waals surface area contributed by atoms with Gasteiger partial charge in [0, 0.05) is 11.6 Å². The quantitative estimate of drug-likeness (QED) is 0.699. The van der Waals surface area contributed by atoms with Crippen LogP contribution in [0.3, 0.4) is 0 Å². The Morgan fingerprint density at radius 1 is 1.43 bits per heavy atom. The largest absolute Gasteiger partial charge is 0.326 e. The molecule has 0 aromatic rings. The van der Waals surface area contributed by atoms with Gasteiger partial charge in [-0.05, 0) is 27.2 Å². The third kappa shape index (κ3) is 4.93. The van der Waals surface area contributed by atoms with Crippen molar-refractivity contribution >= 4 is 10.0 Å². The molecule has 14 heavy (non-hydrogen) atoms. The zero-order valence-corrected chi connectivity index (χ0v) is 10.3. The number of nitrogens with two attached hydrogens (primary N) is 1. The number of nitrogens with one attached hydrogen (secondary N) is 1. The zero-order valence-electron chi connectivity index (χ0n) is 9.50. The van der Waals surface area contributed by atoms with E-state index in [0.29, 0.717) is 6.42 Å². The lowest BCUT2D eigenvalue weighted by molar-refractivity contribution is 0.387. The first-order valence-corrected chi connectivity index (χ1v) is 6.63. The van der Waals surface area contributed by atoms with Gasteiger partial charge in [0.1, 0.15) is 0 Å². The van der Waals surface area contributed by atoms with E-state index in [-0.39, 0.29) is 11.8 Å². The molecule has 0 fully saturated rings. The van der Waals surface area contributed by atoms with Crippen LogP contribution in [0.1, 0.15) is 40.5 Å². The van der Waals surface area contributed by atoms with Crippen LogP contribution in [0.2, 0.25) is 0 Å². The van der Waals surface area contributed by atoms with Crippen molar-refractivity contribution < 1.29 is 8.42 Å². The normalized spacial score (nSPS) is 15.5. The predicted octanol–water partition coefficient (Wildman–Crippen LogP) is 0.832. The molecule has 1 atom stereocenters. The second kappa shape index (κ2) is 5.09. The van der Waals surface area contributed by atoms with Gasteiger partial charge in [0.05, 0.1) is 5.75 Å². The molecular formula is C9H22N2O2S. The van der Waals surface area contributed by atoms with Crippen LogP contribution in [0.15, 0.2) is 0 Å². The van der Waals surface area contributed by atoms with Crippen molar-refractivity contribution in [2.45, 2.75) is 52.1 Å². The molecule has 0 heterocycles. The molecule has 0 saturated heterocycles. The molecule has 86 valence electrons. The summed E-state index contributed by atoms with van der Waals surface area (Å²) in [5, 5.41) is 0. The molecule has 0 aromatic heterocycles. The third-order valence-corrected chi connectivity index (χ3v) is 3.99. The van der Waals surface area contributed by atoms with Crippen LogP contribution >= 0.6 is 0 Å². The fourth-order valence-electron chi connectivity index (χ4n) is 0.879. The highest BCUT2D eigenvalue weighted by Crippen LogP contribution is 2.09. The minimum atomic E-state index is -3.18. The molecule has 0 aliphatic rings. The Bertz CT molecular complexity index is 258. The van der Waals surface area contributed by atoms with Crippen molar-refractivity contribution in [2.75, 3.05) is 5.75 Å². The Morgan fingerprint density at radius 2 is 1.93 bits per heavy atom. The number of hydrogen-bond donors (Lipinski definition) is 2. The second-order valence-electron chi connectivity index (χ2n) is 4.28. The summed E-state index contributed by atoms with van der Waals surface area (Å²) in [4.78, 5) is 0. The van der Waals surface area contributed by atoms with Crippen LogP contribution < -0.4 is 10.5 Å². The van der Waals surface area contributed by atoms with Gasteiger partial charge in [0.2, 0.25) is 10.0 Å². The van der Waals surface area contributed by atoms with Crippen LogP contribution in [0, 0.1) is 0 Å². The fraction of sp³-hybridized carbons (Fsp3) is 1.00. The lowest BCUT2D eigenvalue weighted by Gasteiger charge is -2.29. The van der Waals surface area contributed by atoms with Crippen LogP contribution in [-0.4, -0.2) is 25.8 Å². The number of unbranched alkanes of at least 4 members (excludes halogenated alkanes) is 1. The van der Waals surface area contributed by atoms with Crippen LogP contribution in [-0.2, 0) is 10.0 Å². The summed E-state index contributed by atoms with van der Waals surface area (Å²) in [6, 6.07) is -0.209. The Morgan fingerprint density at radius 3 is 2.29 bits per heavy atom. The van der Waals surface area contributed by atoms with Crippen molar-refractivity contribution in [3.05, 3.63) is 0 Å². The zero-order chi connectivity index (χ0) is 11.4. The Kier molecular flexibility index (Phi) is 5.05. The SMILES string of the molecule is CCCCS(=O)(=O)NC(C)(C)C(C)N. The molecule has 0 rings (SSSR count). The van der Waals surface area contributed by atoms with Gasteiger partial charge in [-0.3, -0.25) is 0 Å². The van der Waals surface area contributed by atoms with Crippen LogP contribution in [0.25, 0.3) is 0 Å². The van der Waals surface area contributed by atoms with E-state index in [9.17, 15) is 8.42 Å². The molecule has 3 N–H and O–H groups in total. The molecular weight excluding hydrogens is 200 g/mol. The van der Waals surface area contributed by atoms with Crippen molar-refractivity contribution in [1.82, 2.24) is 4.72 Å². The van der Waals surface area contributed by atoms with E-state index >= 15 is 0 Å². The van der Waals surface area contributed by atoms with Crippen molar-refractivity contribution in [1.29, 1.82) is 0 Å². The molecule has 0 amide bonds. The first-order chi connectivity index (χ1) is 6.21. The van der Waals surface area contributed by atoms with E-state index in [2.05, 4.69) is 4.72 Å². The summed E-state index contributed by atoms with van der Waals surface area (Å²) < 4.78 is 25.7. The minimum absolute atomic E-state index is 0.180. The molecule has 0 saturated carbocycles. The number of hydrogen-bond acceptors (Lipinski definition) is 3. The van der Waals surface area contributed by atoms with Gasteiger partial charge < -0.3 is 5.73 Å². The molecule has 0 bridgehead atoms. The standard InChI is InChI=1S/C9H22N2O2S/c1-5-6-7-14(12,13)11-9(3,4)8(2)10/h8,11H,5-7,10H2,1-4H3. The Labute approximate surface area is 87.3 Å². The van der Waals surface area contributed by atoms with E-state index in [1.165, 1.54) is 0 Å². The molecule has 0 aromatic carbocycles. The van der Waals surface area contributed by atoms with Gasteiger partial charge in [-0.1, -0.05) is 13.3 Å². The average molecular weight is 222 g/mol. The topological polar surface area (TPSA) is 72.2 Å². The molecule has 0 radical (unpaired) electrons. The number of rotatable bonds is 6. The lowest BCUT2D eigenvalue weighted by Crippen LogP contribution is -2.54. The fourth-order valence-corrected chi connectivity index (χ4v) is 2.64. The van der Waals surface area contributed by atoms with Crippen molar-refractivity contribution in [2.24, 2.45) is 5.73 Å². The summed E-state index contributed by atoms with van der Waals surface area (Å²) in [6.07, 6.45) is 1.56. The molecule has 5 heteroatoms. The van der Waals surface area contributed by atoms with Gasteiger partial charge in [-0.25, -0.2) is 13.1 Å². The monoisotopic (exact) mass is 222 g/mol. The minimum Gasteiger partial charge on any atom is -0.326 e. The first kappa shape index (κ1) is 13.9. The predicted molar refractivity (Wildman–Crippen MR) is 59.6 cm³/mol. The second-order valence-corrected chi connectivity index (χ2v) is 6.13.